The normalized spacial score (nSPS) is 11.1. The van der Waals surface area contributed by atoms with E-state index in [0.29, 0.717) is 13.1 Å². The lowest BCUT2D eigenvalue weighted by molar-refractivity contribution is -0.122. The predicted molar refractivity (Wildman–Crippen MR) is 60.2 cm³/mol. The summed E-state index contributed by atoms with van der Waals surface area (Å²) in [5, 5.41) is 5.99. The number of amides is 1. The summed E-state index contributed by atoms with van der Waals surface area (Å²) in [6.45, 7) is 10.8. The monoisotopic (exact) mass is 198 g/mol. The molecule has 2 N–H and O–H groups in total. The molecule has 0 heterocycles. The van der Waals surface area contributed by atoms with Crippen molar-refractivity contribution in [3.8, 4) is 0 Å². The minimum absolute atomic E-state index is 0.0538. The van der Waals surface area contributed by atoms with Crippen LogP contribution >= 0.6 is 0 Å². The maximum Gasteiger partial charge on any atom is 0.234 e. The molecule has 1 amide bonds. The van der Waals surface area contributed by atoms with Gasteiger partial charge in [-0.2, -0.15) is 0 Å². The number of rotatable bonds is 7. The first kappa shape index (κ1) is 13.2. The van der Waals surface area contributed by atoms with Crippen molar-refractivity contribution in [2.24, 2.45) is 0 Å². The third-order valence-electron chi connectivity index (χ3n) is 2.58. The van der Waals surface area contributed by atoms with Crippen molar-refractivity contribution in [3.05, 3.63) is 12.7 Å². The Labute approximate surface area is 87.0 Å². The van der Waals surface area contributed by atoms with Crippen LogP contribution in [-0.4, -0.2) is 24.5 Å². The van der Waals surface area contributed by atoms with Gasteiger partial charge in [-0.15, -0.1) is 6.58 Å². The minimum Gasteiger partial charge on any atom is -0.350 e. The number of hydrogen-bond donors (Lipinski definition) is 2. The molecule has 0 bridgehead atoms. The first-order chi connectivity index (χ1) is 6.58. The van der Waals surface area contributed by atoms with Crippen LogP contribution < -0.4 is 10.6 Å². The zero-order valence-corrected chi connectivity index (χ0v) is 9.52. The van der Waals surface area contributed by atoms with Crippen molar-refractivity contribution >= 4 is 5.91 Å². The predicted octanol–water partition coefficient (Wildman–Crippen LogP) is 1.46. The highest BCUT2D eigenvalue weighted by Gasteiger charge is 2.20. The van der Waals surface area contributed by atoms with E-state index < -0.39 is 0 Å². The lowest BCUT2D eigenvalue weighted by Crippen LogP contribution is -2.48. The molecule has 0 aromatic rings. The molecule has 0 radical (unpaired) electrons. The summed E-state index contributed by atoms with van der Waals surface area (Å²) >= 11 is 0. The van der Waals surface area contributed by atoms with Crippen molar-refractivity contribution in [3.63, 3.8) is 0 Å². The molecule has 0 aliphatic carbocycles. The van der Waals surface area contributed by atoms with Gasteiger partial charge in [0.05, 0.1) is 6.54 Å². The van der Waals surface area contributed by atoms with Gasteiger partial charge < -0.3 is 10.6 Å². The fraction of sp³-hybridized carbons (Fsp3) is 0.727. The molecule has 0 aromatic carbocycles. The van der Waals surface area contributed by atoms with Gasteiger partial charge in [0.2, 0.25) is 5.91 Å². The van der Waals surface area contributed by atoms with Crippen LogP contribution in [0, 0.1) is 0 Å². The largest absolute Gasteiger partial charge is 0.350 e. The van der Waals surface area contributed by atoms with E-state index in [9.17, 15) is 4.79 Å². The molecular weight excluding hydrogens is 176 g/mol. The minimum atomic E-state index is -0.0626. The number of hydrogen-bond acceptors (Lipinski definition) is 2. The van der Waals surface area contributed by atoms with E-state index >= 15 is 0 Å². The van der Waals surface area contributed by atoms with Crippen LogP contribution in [0.5, 0.6) is 0 Å². The molecule has 0 atom stereocenters. The van der Waals surface area contributed by atoms with Gasteiger partial charge in [0.25, 0.3) is 0 Å². The highest BCUT2D eigenvalue weighted by atomic mass is 16.2. The average Bonchev–Trinajstić information content (AvgIpc) is 2.18. The molecule has 3 heteroatoms. The number of carbonyl (C=O) groups is 1. The third-order valence-corrected chi connectivity index (χ3v) is 2.58. The second kappa shape index (κ2) is 6.60. The highest BCUT2D eigenvalue weighted by Crippen LogP contribution is 2.12. The van der Waals surface area contributed by atoms with Crippen LogP contribution in [0.25, 0.3) is 0 Å². The van der Waals surface area contributed by atoms with Crippen molar-refractivity contribution in [1.82, 2.24) is 10.6 Å². The summed E-state index contributed by atoms with van der Waals surface area (Å²) in [5.41, 5.74) is -0.0626. The first-order valence-electron chi connectivity index (χ1n) is 5.20. The first-order valence-corrected chi connectivity index (χ1v) is 5.20. The summed E-state index contributed by atoms with van der Waals surface area (Å²) in [4.78, 5) is 11.4. The van der Waals surface area contributed by atoms with Crippen LogP contribution in [0.15, 0.2) is 12.7 Å². The van der Waals surface area contributed by atoms with Crippen LogP contribution in [0.1, 0.15) is 33.6 Å². The van der Waals surface area contributed by atoms with Crippen LogP contribution in [0.3, 0.4) is 0 Å². The SMILES string of the molecule is C=CCNCC(=O)NC(C)(CC)CC. The van der Waals surface area contributed by atoms with Crippen molar-refractivity contribution < 1.29 is 4.79 Å². The van der Waals surface area contributed by atoms with Crippen LogP contribution in [-0.2, 0) is 4.79 Å². The summed E-state index contributed by atoms with van der Waals surface area (Å²) in [6.07, 6.45) is 3.65. The number of carbonyl (C=O) groups excluding carboxylic acids is 1. The van der Waals surface area contributed by atoms with Gasteiger partial charge >= 0.3 is 0 Å². The molecule has 0 saturated carbocycles. The zero-order chi connectivity index (χ0) is 11.0. The lowest BCUT2D eigenvalue weighted by Gasteiger charge is -2.28. The Morgan fingerprint density at radius 2 is 2.00 bits per heavy atom. The third kappa shape index (κ3) is 5.02. The molecule has 82 valence electrons. The van der Waals surface area contributed by atoms with Crippen molar-refractivity contribution in [2.45, 2.75) is 39.2 Å². The van der Waals surface area contributed by atoms with Crippen molar-refractivity contribution in [2.75, 3.05) is 13.1 Å². The summed E-state index contributed by atoms with van der Waals surface area (Å²) in [6, 6.07) is 0. The van der Waals surface area contributed by atoms with E-state index in [2.05, 4.69) is 38.0 Å². The fourth-order valence-electron chi connectivity index (χ4n) is 1.10. The van der Waals surface area contributed by atoms with E-state index in [-0.39, 0.29) is 11.4 Å². The Balaban J connectivity index is 3.85. The molecular formula is C11H22N2O. The second-order valence-corrected chi connectivity index (χ2v) is 3.74. The fourth-order valence-corrected chi connectivity index (χ4v) is 1.10. The van der Waals surface area contributed by atoms with E-state index in [1.807, 2.05) is 0 Å². The quantitative estimate of drug-likeness (QED) is 0.480. The molecule has 0 spiro atoms. The Morgan fingerprint density at radius 1 is 1.43 bits per heavy atom. The molecule has 0 unspecified atom stereocenters. The van der Waals surface area contributed by atoms with Gasteiger partial charge in [-0.1, -0.05) is 19.9 Å². The molecule has 14 heavy (non-hydrogen) atoms. The maximum absolute atomic E-state index is 11.4. The van der Waals surface area contributed by atoms with E-state index in [4.69, 9.17) is 0 Å². The summed E-state index contributed by atoms with van der Waals surface area (Å²) < 4.78 is 0. The summed E-state index contributed by atoms with van der Waals surface area (Å²) in [7, 11) is 0. The smallest absolute Gasteiger partial charge is 0.234 e. The topological polar surface area (TPSA) is 41.1 Å². The van der Waals surface area contributed by atoms with Gasteiger partial charge in [0.15, 0.2) is 0 Å². The Hall–Kier alpha value is -0.830. The maximum atomic E-state index is 11.4. The molecule has 3 nitrogen and oxygen atoms in total. The van der Waals surface area contributed by atoms with Gasteiger partial charge in [-0.3, -0.25) is 4.79 Å². The molecule has 0 aromatic heterocycles. The summed E-state index contributed by atoms with van der Waals surface area (Å²) in [5.74, 6) is 0.0538. The van der Waals surface area contributed by atoms with Crippen molar-refractivity contribution in [1.29, 1.82) is 0 Å². The van der Waals surface area contributed by atoms with Gasteiger partial charge in [-0.25, -0.2) is 0 Å². The average molecular weight is 198 g/mol. The van der Waals surface area contributed by atoms with Crippen LogP contribution in [0.4, 0.5) is 0 Å². The number of nitrogens with one attached hydrogen (secondary N) is 2. The molecule has 0 fully saturated rings. The Bertz CT molecular complexity index is 186. The highest BCUT2D eigenvalue weighted by molar-refractivity contribution is 5.78. The molecule has 0 rings (SSSR count). The Morgan fingerprint density at radius 3 is 2.43 bits per heavy atom. The zero-order valence-electron chi connectivity index (χ0n) is 9.52. The Kier molecular flexibility index (Phi) is 6.21. The van der Waals surface area contributed by atoms with Gasteiger partial charge in [0, 0.05) is 12.1 Å². The lowest BCUT2D eigenvalue weighted by atomic mass is 9.95. The van der Waals surface area contributed by atoms with E-state index in [0.717, 1.165) is 12.8 Å². The van der Waals surface area contributed by atoms with E-state index in [1.165, 1.54) is 0 Å². The molecule has 0 aliphatic rings. The van der Waals surface area contributed by atoms with Crippen LogP contribution in [0.2, 0.25) is 0 Å². The molecule has 0 aliphatic heterocycles. The van der Waals surface area contributed by atoms with Gasteiger partial charge in [0.1, 0.15) is 0 Å². The molecule has 0 saturated heterocycles. The van der Waals surface area contributed by atoms with Gasteiger partial charge in [-0.05, 0) is 19.8 Å². The second-order valence-electron chi connectivity index (χ2n) is 3.74. The van der Waals surface area contributed by atoms with E-state index in [1.54, 1.807) is 6.08 Å². The standard InChI is InChI=1S/C11H22N2O/c1-5-8-12-9-10(14)13-11(4,6-2)7-3/h5,12H,1,6-9H2,2-4H3,(H,13,14).